The highest BCUT2D eigenvalue weighted by Gasteiger charge is 2.18. The van der Waals surface area contributed by atoms with Crippen LogP contribution in [-0.2, 0) is 6.54 Å². The summed E-state index contributed by atoms with van der Waals surface area (Å²) in [6, 6.07) is 6.39. The second-order valence-electron chi connectivity index (χ2n) is 6.56. The lowest BCUT2D eigenvalue weighted by molar-refractivity contribution is 0.174. The van der Waals surface area contributed by atoms with Crippen molar-refractivity contribution in [3.05, 3.63) is 23.2 Å². The van der Waals surface area contributed by atoms with Gasteiger partial charge in [0.05, 0.1) is 5.52 Å². The molecule has 1 aromatic heterocycles. The molecule has 0 saturated carbocycles. The Bertz CT molecular complexity index is 631. The van der Waals surface area contributed by atoms with Gasteiger partial charge in [-0.25, -0.2) is 0 Å². The second-order valence-corrected chi connectivity index (χ2v) is 7.00. The first-order valence-electron chi connectivity index (χ1n) is 8.61. The lowest BCUT2D eigenvalue weighted by Crippen LogP contribution is -2.36. The molecule has 128 valence electrons. The number of benzene rings is 1. The van der Waals surface area contributed by atoms with E-state index in [1.807, 2.05) is 22.9 Å². The first kappa shape index (κ1) is 18.1. The summed E-state index contributed by atoms with van der Waals surface area (Å²) in [5, 5.41) is 6.15. The molecule has 1 atom stereocenters. The number of hydrogen-bond acceptors (Lipinski definition) is 3. The van der Waals surface area contributed by atoms with Crippen molar-refractivity contribution in [2.24, 2.45) is 5.92 Å². The van der Waals surface area contributed by atoms with Crippen LogP contribution in [0, 0.1) is 5.92 Å². The molecule has 0 radical (unpaired) electrons. The van der Waals surface area contributed by atoms with Gasteiger partial charge in [0.25, 0.3) is 0 Å². The molecule has 0 amide bonds. The fourth-order valence-electron chi connectivity index (χ4n) is 3.35. The van der Waals surface area contributed by atoms with Crippen LogP contribution in [-0.4, -0.2) is 33.8 Å². The number of aryl methyl sites for hydroxylation is 1. The Morgan fingerprint density at radius 1 is 1.26 bits per heavy atom. The van der Waals surface area contributed by atoms with Gasteiger partial charge in [-0.1, -0.05) is 39.3 Å². The average Bonchev–Trinajstić information content (AvgIpc) is 2.81. The van der Waals surface area contributed by atoms with Crippen LogP contribution in [0.15, 0.2) is 18.2 Å². The predicted octanol–water partition coefficient (Wildman–Crippen LogP) is 4.42. The van der Waals surface area contributed by atoms with Crippen LogP contribution in [0.2, 0.25) is 5.02 Å². The standard InChI is InChI=1S/C18H29ClN4/c1-5-22(6-2)15(11-13(3)4)9-10-23-17-8-7-14(19)12-16(17)18(20)21-23/h7-8,12-13,15H,5-6,9-11H2,1-4H3,(H2,20,21). The van der Waals surface area contributed by atoms with Crippen LogP contribution in [0.5, 0.6) is 0 Å². The fourth-order valence-corrected chi connectivity index (χ4v) is 3.52. The van der Waals surface area contributed by atoms with E-state index in [-0.39, 0.29) is 0 Å². The maximum atomic E-state index is 6.06. The van der Waals surface area contributed by atoms with Gasteiger partial charge in [-0.05, 0) is 50.0 Å². The predicted molar refractivity (Wildman–Crippen MR) is 99.9 cm³/mol. The van der Waals surface area contributed by atoms with E-state index in [0.717, 1.165) is 37.0 Å². The summed E-state index contributed by atoms with van der Waals surface area (Å²) in [7, 11) is 0. The van der Waals surface area contributed by atoms with Gasteiger partial charge < -0.3 is 10.6 Å². The third kappa shape index (κ3) is 4.39. The van der Waals surface area contributed by atoms with Gasteiger partial charge in [0.1, 0.15) is 0 Å². The maximum Gasteiger partial charge on any atom is 0.153 e. The largest absolute Gasteiger partial charge is 0.382 e. The molecule has 0 spiro atoms. The minimum absolute atomic E-state index is 0.561. The van der Waals surface area contributed by atoms with Crippen molar-refractivity contribution in [1.82, 2.24) is 14.7 Å². The van der Waals surface area contributed by atoms with Gasteiger partial charge in [-0.2, -0.15) is 5.10 Å². The number of anilines is 1. The van der Waals surface area contributed by atoms with Crippen LogP contribution in [0.1, 0.15) is 40.5 Å². The average molecular weight is 337 g/mol. The molecule has 0 bridgehead atoms. The van der Waals surface area contributed by atoms with Crippen molar-refractivity contribution in [1.29, 1.82) is 0 Å². The summed E-state index contributed by atoms with van der Waals surface area (Å²) in [5.41, 5.74) is 7.11. The number of nitrogen functional groups attached to an aromatic ring is 1. The number of aromatic nitrogens is 2. The molecule has 0 aliphatic rings. The number of fused-ring (bicyclic) bond motifs is 1. The minimum atomic E-state index is 0.561. The van der Waals surface area contributed by atoms with E-state index in [2.05, 4.69) is 37.7 Å². The topological polar surface area (TPSA) is 47.1 Å². The van der Waals surface area contributed by atoms with Crippen molar-refractivity contribution in [2.45, 2.75) is 53.1 Å². The molecule has 5 heteroatoms. The molecule has 4 nitrogen and oxygen atoms in total. The monoisotopic (exact) mass is 336 g/mol. The summed E-state index contributed by atoms with van der Waals surface area (Å²) in [5.74, 6) is 1.25. The van der Waals surface area contributed by atoms with Crippen molar-refractivity contribution >= 4 is 28.3 Å². The van der Waals surface area contributed by atoms with E-state index in [1.165, 1.54) is 6.42 Å². The zero-order valence-electron chi connectivity index (χ0n) is 14.7. The minimum Gasteiger partial charge on any atom is -0.382 e. The summed E-state index contributed by atoms with van der Waals surface area (Å²) >= 11 is 6.06. The lowest BCUT2D eigenvalue weighted by Gasteiger charge is -2.31. The first-order chi connectivity index (χ1) is 11.0. The van der Waals surface area contributed by atoms with Gasteiger partial charge in [0, 0.05) is 23.0 Å². The fraction of sp³-hybridized carbons (Fsp3) is 0.611. The number of hydrogen-bond donors (Lipinski definition) is 1. The molecule has 1 unspecified atom stereocenters. The molecule has 0 saturated heterocycles. The van der Waals surface area contributed by atoms with Gasteiger partial charge in [-0.15, -0.1) is 0 Å². The zero-order valence-corrected chi connectivity index (χ0v) is 15.5. The Hall–Kier alpha value is -1.26. The van der Waals surface area contributed by atoms with Crippen LogP contribution in [0.25, 0.3) is 10.9 Å². The van der Waals surface area contributed by atoms with E-state index < -0.39 is 0 Å². The summed E-state index contributed by atoms with van der Waals surface area (Å²) in [6.07, 6.45) is 2.29. The Balaban J connectivity index is 2.17. The molecule has 2 aromatic rings. The molecule has 1 heterocycles. The van der Waals surface area contributed by atoms with Gasteiger partial charge in [0.15, 0.2) is 5.82 Å². The maximum absolute atomic E-state index is 6.06. The van der Waals surface area contributed by atoms with E-state index >= 15 is 0 Å². The molecule has 2 N–H and O–H groups in total. The Kier molecular flexibility index (Phi) is 6.31. The smallest absolute Gasteiger partial charge is 0.153 e. The summed E-state index contributed by atoms with van der Waals surface area (Å²) in [6.45, 7) is 12.1. The molecular formula is C18H29ClN4. The van der Waals surface area contributed by atoms with Crippen LogP contribution in [0.4, 0.5) is 5.82 Å². The second kappa shape index (κ2) is 8.02. The summed E-state index contributed by atoms with van der Waals surface area (Å²) < 4.78 is 2.03. The van der Waals surface area contributed by atoms with E-state index in [9.17, 15) is 0 Å². The van der Waals surface area contributed by atoms with Crippen molar-refractivity contribution < 1.29 is 0 Å². The highest BCUT2D eigenvalue weighted by atomic mass is 35.5. The number of nitrogens with zero attached hydrogens (tertiary/aromatic N) is 3. The highest BCUT2D eigenvalue weighted by Crippen LogP contribution is 2.25. The quantitative estimate of drug-likeness (QED) is 0.776. The Labute approximate surface area is 144 Å². The van der Waals surface area contributed by atoms with Crippen LogP contribution in [0.3, 0.4) is 0 Å². The zero-order chi connectivity index (χ0) is 17.0. The molecule has 2 rings (SSSR count). The van der Waals surface area contributed by atoms with Gasteiger partial charge in [0.2, 0.25) is 0 Å². The van der Waals surface area contributed by atoms with E-state index in [0.29, 0.717) is 22.8 Å². The van der Waals surface area contributed by atoms with Gasteiger partial charge in [-0.3, -0.25) is 4.68 Å². The first-order valence-corrected chi connectivity index (χ1v) is 8.99. The normalized spacial score (nSPS) is 13.3. The van der Waals surface area contributed by atoms with E-state index in [1.54, 1.807) is 0 Å². The molecule has 0 aliphatic heterocycles. The third-order valence-corrected chi connectivity index (χ3v) is 4.72. The highest BCUT2D eigenvalue weighted by molar-refractivity contribution is 6.31. The van der Waals surface area contributed by atoms with Crippen molar-refractivity contribution in [3.8, 4) is 0 Å². The van der Waals surface area contributed by atoms with E-state index in [4.69, 9.17) is 17.3 Å². The Morgan fingerprint density at radius 3 is 2.57 bits per heavy atom. The molecule has 0 aliphatic carbocycles. The number of halogens is 1. The van der Waals surface area contributed by atoms with Gasteiger partial charge >= 0.3 is 0 Å². The Morgan fingerprint density at radius 2 is 1.96 bits per heavy atom. The van der Waals surface area contributed by atoms with Crippen LogP contribution >= 0.6 is 11.6 Å². The third-order valence-electron chi connectivity index (χ3n) is 4.49. The molecule has 23 heavy (non-hydrogen) atoms. The van der Waals surface area contributed by atoms with Crippen LogP contribution < -0.4 is 5.73 Å². The molecule has 1 aromatic carbocycles. The van der Waals surface area contributed by atoms with Crippen molar-refractivity contribution in [2.75, 3.05) is 18.8 Å². The SMILES string of the molecule is CCN(CC)C(CCn1nc(N)c2cc(Cl)ccc21)CC(C)C. The summed E-state index contributed by atoms with van der Waals surface area (Å²) in [4.78, 5) is 2.55. The van der Waals surface area contributed by atoms with Crippen molar-refractivity contribution in [3.63, 3.8) is 0 Å². The number of rotatable bonds is 8. The molecule has 0 fully saturated rings. The number of nitrogens with two attached hydrogens (primary N) is 1. The molecular weight excluding hydrogens is 308 g/mol. The lowest BCUT2D eigenvalue weighted by atomic mass is 9.99.